The van der Waals surface area contributed by atoms with Crippen LogP contribution >= 0.6 is 22.6 Å². The van der Waals surface area contributed by atoms with E-state index in [0.717, 1.165) is 14.7 Å². The van der Waals surface area contributed by atoms with E-state index in [4.69, 9.17) is 9.47 Å². The molecular formula is C25H24IN3O4. The quantitative estimate of drug-likeness (QED) is 0.239. The molecule has 0 fully saturated rings. The van der Waals surface area contributed by atoms with E-state index >= 15 is 0 Å². The van der Waals surface area contributed by atoms with Crippen LogP contribution in [0.5, 0.6) is 11.5 Å². The fraction of sp³-hybridized carbons (Fsp3) is 0.160. The zero-order valence-electron chi connectivity index (χ0n) is 18.5. The summed E-state index contributed by atoms with van der Waals surface area (Å²) >= 11 is 2.10. The summed E-state index contributed by atoms with van der Waals surface area (Å²) in [6.45, 7) is 3.75. The van der Waals surface area contributed by atoms with Crippen LogP contribution in [-0.2, 0) is 4.79 Å². The van der Waals surface area contributed by atoms with Gasteiger partial charge in [0.05, 0.1) is 16.9 Å². The average molecular weight is 557 g/mol. The normalized spacial score (nSPS) is 10.7. The third-order valence-corrected chi connectivity index (χ3v) is 5.40. The van der Waals surface area contributed by atoms with E-state index in [1.54, 1.807) is 18.2 Å². The first-order valence-electron chi connectivity index (χ1n) is 10.1. The van der Waals surface area contributed by atoms with Crippen molar-refractivity contribution >= 4 is 46.3 Å². The predicted octanol–water partition coefficient (Wildman–Crippen LogP) is 4.70. The summed E-state index contributed by atoms with van der Waals surface area (Å²) < 4.78 is 11.9. The van der Waals surface area contributed by atoms with Crippen LogP contribution in [0.4, 0.5) is 5.69 Å². The molecule has 33 heavy (non-hydrogen) atoms. The smallest absolute Gasteiger partial charge is 0.271 e. The Bertz CT molecular complexity index is 1180. The highest BCUT2D eigenvalue weighted by atomic mass is 127. The fourth-order valence-corrected chi connectivity index (χ4v) is 3.73. The molecule has 0 spiro atoms. The first-order chi connectivity index (χ1) is 15.9. The number of benzene rings is 3. The van der Waals surface area contributed by atoms with Gasteiger partial charge in [-0.15, -0.1) is 0 Å². The van der Waals surface area contributed by atoms with E-state index in [2.05, 4.69) is 38.4 Å². The molecule has 0 bridgehead atoms. The summed E-state index contributed by atoms with van der Waals surface area (Å²) in [6, 6.07) is 18.3. The van der Waals surface area contributed by atoms with Gasteiger partial charge in [0.2, 0.25) is 0 Å². The number of anilines is 1. The van der Waals surface area contributed by atoms with Crippen molar-refractivity contribution in [2.24, 2.45) is 5.10 Å². The van der Waals surface area contributed by atoms with Crippen molar-refractivity contribution in [2.45, 2.75) is 13.8 Å². The molecule has 3 aromatic carbocycles. The van der Waals surface area contributed by atoms with Gasteiger partial charge in [-0.1, -0.05) is 29.8 Å². The Morgan fingerprint density at radius 2 is 1.79 bits per heavy atom. The van der Waals surface area contributed by atoms with E-state index in [0.29, 0.717) is 28.3 Å². The molecule has 2 N–H and O–H groups in total. The molecule has 0 aliphatic carbocycles. The van der Waals surface area contributed by atoms with Gasteiger partial charge < -0.3 is 14.8 Å². The SMILES string of the molecule is COc1cc(/C=N/NC(=O)c2ccc(C)cc2)cc(I)c1OCC(=O)Nc1cccc(C)c1. The van der Waals surface area contributed by atoms with Crippen LogP contribution in [0.3, 0.4) is 0 Å². The van der Waals surface area contributed by atoms with E-state index in [1.807, 2.05) is 56.3 Å². The molecule has 0 atom stereocenters. The molecule has 0 aromatic heterocycles. The zero-order valence-corrected chi connectivity index (χ0v) is 20.7. The van der Waals surface area contributed by atoms with Gasteiger partial charge in [-0.25, -0.2) is 5.43 Å². The van der Waals surface area contributed by atoms with Crippen LogP contribution in [0.25, 0.3) is 0 Å². The van der Waals surface area contributed by atoms with Gasteiger partial charge in [0, 0.05) is 11.3 Å². The van der Waals surface area contributed by atoms with Crippen molar-refractivity contribution in [1.82, 2.24) is 5.43 Å². The number of nitrogens with one attached hydrogen (secondary N) is 2. The Labute approximate surface area is 206 Å². The standard InChI is InChI=1S/C25H24IN3O4/c1-16-7-9-19(10-8-16)25(31)29-27-14-18-12-21(26)24(22(13-18)32-3)33-15-23(30)28-20-6-4-5-17(2)11-20/h4-14H,15H2,1-3H3,(H,28,30)(H,29,31)/b27-14+. The van der Waals surface area contributed by atoms with E-state index in [1.165, 1.54) is 13.3 Å². The number of hydrogen-bond acceptors (Lipinski definition) is 5. The number of ether oxygens (including phenoxy) is 2. The van der Waals surface area contributed by atoms with Crippen molar-refractivity contribution in [2.75, 3.05) is 19.0 Å². The van der Waals surface area contributed by atoms with Crippen molar-refractivity contribution in [3.8, 4) is 11.5 Å². The molecule has 2 amide bonds. The second-order valence-corrected chi connectivity index (χ2v) is 8.47. The molecule has 8 heteroatoms. The van der Waals surface area contributed by atoms with Gasteiger partial charge in [-0.05, 0) is 84.0 Å². The van der Waals surface area contributed by atoms with Crippen LogP contribution < -0.4 is 20.2 Å². The molecule has 0 saturated heterocycles. The molecule has 0 saturated carbocycles. The maximum Gasteiger partial charge on any atom is 0.271 e. The van der Waals surface area contributed by atoms with Crippen molar-refractivity contribution < 1.29 is 19.1 Å². The number of halogens is 1. The zero-order chi connectivity index (χ0) is 23.8. The van der Waals surface area contributed by atoms with E-state index in [9.17, 15) is 9.59 Å². The number of carbonyl (C=O) groups is 2. The van der Waals surface area contributed by atoms with Gasteiger partial charge in [0.1, 0.15) is 0 Å². The number of aryl methyl sites for hydroxylation is 2. The number of amides is 2. The lowest BCUT2D eigenvalue weighted by atomic mass is 10.1. The van der Waals surface area contributed by atoms with Crippen LogP contribution in [0.2, 0.25) is 0 Å². The Kier molecular flexibility index (Phi) is 8.42. The van der Waals surface area contributed by atoms with Gasteiger partial charge in [-0.3, -0.25) is 9.59 Å². The van der Waals surface area contributed by atoms with Gasteiger partial charge >= 0.3 is 0 Å². The fourth-order valence-electron chi connectivity index (χ4n) is 2.95. The third kappa shape index (κ3) is 7.04. The van der Waals surface area contributed by atoms with Crippen LogP contribution in [0.1, 0.15) is 27.0 Å². The molecule has 0 aliphatic heterocycles. The lowest BCUT2D eigenvalue weighted by Gasteiger charge is -2.13. The second-order valence-electron chi connectivity index (χ2n) is 7.31. The average Bonchev–Trinajstić information content (AvgIpc) is 2.78. The largest absolute Gasteiger partial charge is 0.493 e. The number of hydrazone groups is 1. The van der Waals surface area contributed by atoms with Gasteiger partial charge in [0.25, 0.3) is 11.8 Å². The predicted molar refractivity (Wildman–Crippen MR) is 137 cm³/mol. The number of rotatable bonds is 8. The lowest BCUT2D eigenvalue weighted by Crippen LogP contribution is -2.20. The molecule has 3 rings (SSSR count). The molecule has 0 heterocycles. The molecule has 0 aliphatic rings. The molecule has 7 nitrogen and oxygen atoms in total. The minimum atomic E-state index is -0.299. The van der Waals surface area contributed by atoms with Crippen molar-refractivity contribution in [3.05, 3.63) is 86.5 Å². The van der Waals surface area contributed by atoms with Gasteiger partial charge in [0.15, 0.2) is 18.1 Å². The second kappa shape index (κ2) is 11.5. The number of nitrogens with zero attached hydrogens (tertiary/aromatic N) is 1. The highest BCUT2D eigenvalue weighted by Crippen LogP contribution is 2.33. The molecule has 0 radical (unpaired) electrons. The van der Waals surface area contributed by atoms with Crippen LogP contribution in [0.15, 0.2) is 65.8 Å². The maximum absolute atomic E-state index is 12.3. The summed E-state index contributed by atoms with van der Waals surface area (Å²) in [4.78, 5) is 24.5. The van der Waals surface area contributed by atoms with Crippen molar-refractivity contribution in [1.29, 1.82) is 0 Å². The summed E-state index contributed by atoms with van der Waals surface area (Å²) in [7, 11) is 1.52. The van der Waals surface area contributed by atoms with E-state index in [-0.39, 0.29) is 18.4 Å². The first kappa shape index (κ1) is 24.2. The summed E-state index contributed by atoms with van der Waals surface area (Å²) in [6.07, 6.45) is 1.52. The lowest BCUT2D eigenvalue weighted by molar-refractivity contribution is -0.118. The summed E-state index contributed by atoms with van der Waals surface area (Å²) in [5, 5.41) is 6.83. The Morgan fingerprint density at radius 3 is 2.48 bits per heavy atom. The first-order valence-corrected chi connectivity index (χ1v) is 11.2. The molecule has 0 unspecified atom stereocenters. The van der Waals surface area contributed by atoms with Gasteiger partial charge in [-0.2, -0.15) is 5.10 Å². The topological polar surface area (TPSA) is 89.0 Å². The minimum Gasteiger partial charge on any atom is -0.493 e. The Hall–Kier alpha value is -3.40. The summed E-state index contributed by atoms with van der Waals surface area (Å²) in [5.41, 5.74) is 6.58. The number of carbonyl (C=O) groups excluding carboxylic acids is 2. The highest BCUT2D eigenvalue weighted by Gasteiger charge is 2.13. The number of hydrogen-bond donors (Lipinski definition) is 2. The molecule has 170 valence electrons. The molecule has 3 aromatic rings. The van der Waals surface area contributed by atoms with Crippen LogP contribution in [-0.4, -0.2) is 31.7 Å². The minimum absolute atomic E-state index is 0.166. The Morgan fingerprint density at radius 1 is 1.03 bits per heavy atom. The van der Waals surface area contributed by atoms with E-state index < -0.39 is 0 Å². The maximum atomic E-state index is 12.3. The third-order valence-electron chi connectivity index (χ3n) is 4.59. The highest BCUT2D eigenvalue weighted by molar-refractivity contribution is 14.1. The van der Waals surface area contributed by atoms with Crippen molar-refractivity contribution in [3.63, 3.8) is 0 Å². The summed E-state index contributed by atoms with van der Waals surface area (Å²) in [5.74, 6) is 0.338. The molecular weight excluding hydrogens is 533 g/mol. The Balaban J connectivity index is 1.62. The number of methoxy groups -OCH3 is 1. The van der Waals surface area contributed by atoms with Crippen LogP contribution in [0, 0.1) is 17.4 Å². The monoisotopic (exact) mass is 557 g/mol.